The number of imidazole rings is 1. The summed E-state index contributed by atoms with van der Waals surface area (Å²) >= 11 is 0. The number of rotatable bonds is 6. The molecule has 3 nitrogen and oxygen atoms in total. The molecule has 2 aliphatic rings. The van der Waals surface area contributed by atoms with Crippen LogP contribution in [0.1, 0.15) is 44.7 Å². The first-order valence-corrected chi connectivity index (χ1v) is 7.08. The lowest BCUT2D eigenvalue weighted by molar-refractivity contribution is 0.554. The van der Waals surface area contributed by atoms with E-state index in [-0.39, 0.29) is 0 Å². The van der Waals surface area contributed by atoms with Crippen LogP contribution in [0.4, 0.5) is 5.95 Å². The van der Waals surface area contributed by atoms with Gasteiger partial charge in [-0.2, -0.15) is 0 Å². The maximum Gasteiger partial charge on any atom is 0.203 e. The lowest BCUT2D eigenvalue weighted by Crippen LogP contribution is -2.26. The second-order valence-corrected chi connectivity index (χ2v) is 5.74. The smallest absolute Gasteiger partial charge is 0.203 e. The van der Waals surface area contributed by atoms with E-state index in [0.717, 1.165) is 30.0 Å². The highest BCUT2D eigenvalue weighted by molar-refractivity contribution is 5.32. The van der Waals surface area contributed by atoms with Crippen molar-refractivity contribution in [1.29, 1.82) is 0 Å². The fraction of sp³-hybridized carbons (Fsp3) is 0.786. The zero-order valence-corrected chi connectivity index (χ0v) is 10.9. The quantitative estimate of drug-likeness (QED) is 0.817. The molecule has 1 aromatic heterocycles. The van der Waals surface area contributed by atoms with Crippen LogP contribution in [0.3, 0.4) is 0 Å². The molecule has 0 aliphatic heterocycles. The van der Waals surface area contributed by atoms with Crippen molar-refractivity contribution in [2.75, 3.05) is 5.32 Å². The number of anilines is 1. The molecule has 0 aromatic carbocycles. The minimum Gasteiger partial charge on any atom is -0.352 e. The summed E-state index contributed by atoms with van der Waals surface area (Å²) in [5.41, 5.74) is 1.13. The number of hydrogen-bond acceptors (Lipinski definition) is 2. The van der Waals surface area contributed by atoms with Gasteiger partial charge in [-0.3, -0.25) is 0 Å². The Balaban J connectivity index is 1.73. The van der Waals surface area contributed by atoms with Crippen LogP contribution in [0.15, 0.2) is 6.20 Å². The highest BCUT2D eigenvalue weighted by atomic mass is 15.2. The summed E-state index contributed by atoms with van der Waals surface area (Å²) in [6.45, 7) is 5.38. The number of nitrogens with zero attached hydrogens (tertiary/aromatic N) is 2. The molecule has 0 spiro atoms. The summed E-state index contributed by atoms with van der Waals surface area (Å²) in [4.78, 5) is 4.64. The first kappa shape index (κ1) is 11.1. The van der Waals surface area contributed by atoms with E-state index in [1.165, 1.54) is 32.1 Å². The zero-order chi connectivity index (χ0) is 11.8. The minimum absolute atomic E-state index is 0.701. The molecule has 0 radical (unpaired) electrons. The largest absolute Gasteiger partial charge is 0.352 e. The van der Waals surface area contributed by atoms with Crippen molar-refractivity contribution in [3.05, 3.63) is 11.9 Å². The minimum atomic E-state index is 0.701. The van der Waals surface area contributed by atoms with Gasteiger partial charge in [-0.15, -0.1) is 0 Å². The van der Waals surface area contributed by atoms with Crippen molar-refractivity contribution >= 4 is 5.95 Å². The van der Waals surface area contributed by atoms with E-state index in [4.69, 9.17) is 0 Å². The predicted molar refractivity (Wildman–Crippen MR) is 70.1 cm³/mol. The molecule has 0 bridgehead atoms. The molecule has 17 heavy (non-hydrogen) atoms. The van der Waals surface area contributed by atoms with Crippen LogP contribution in [0.5, 0.6) is 0 Å². The van der Waals surface area contributed by atoms with E-state index in [9.17, 15) is 0 Å². The molecule has 0 saturated heterocycles. The van der Waals surface area contributed by atoms with Crippen LogP contribution in [-0.2, 0) is 6.54 Å². The molecular formula is C14H23N3. The van der Waals surface area contributed by atoms with Crippen molar-refractivity contribution in [1.82, 2.24) is 9.55 Å². The lowest BCUT2D eigenvalue weighted by Gasteiger charge is -2.19. The van der Waals surface area contributed by atoms with Gasteiger partial charge in [0.25, 0.3) is 0 Å². The highest BCUT2D eigenvalue weighted by Crippen LogP contribution is 2.45. The van der Waals surface area contributed by atoms with E-state index in [1.54, 1.807) is 0 Å². The SMILES string of the molecule is CCCn1cc(C)nc1NC(C1CC1)C1CC1. The van der Waals surface area contributed by atoms with E-state index < -0.39 is 0 Å². The summed E-state index contributed by atoms with van der Waals surface area (Å²) in [5, 5.41) is 3.73. The summed E-state index contributed by atoms with van der Waals surface area (Å²) in [6, 6.07) is 0.701. The third-order valence-electron chi connectivity index (χ3n) is 3.92. The van der Waals surface area contributed by atoms with Crippen LogP contribution in [0, 0.1) is 18.8 Å². The van der Waals surface area contributed by atoms with Gasteiger partial charge in [-0.25, -0.2) is 4.98 Å². The summed E-state index contributed by atoms with van der Waals surface area (Å²) < 4.78 is 2.28. The molecular weight excluding hydrogens is 210 g/mol. The van der Waals surface area contributed by atoms with Crippen LogP contribution >= 0.6 is 0 Å². The van der Waals surface area contributed by atoms with Gasteiger partial charge in [-0.1, -0.05) is 6.92 Å². The molecule has 2 saturated carbocycles. The van der Waals surface area contributed by atoms with Gasteiger partial charge in [0.1, 0.15) is 0 Å². The molecule has 94 valence electrons. The summed E-state index contributed by atoms with van der Waals surface area (Å²) in [7, 11) is 0. The predicted octanol–water partition coefficient (Wildman–Crippen LogP) is 3.20. The molecule has 2 aliphatic carbocycles. The van der Waals surface area contributed by atoms with Gasteiger partial charge in [0, 0.05) is 18.8 Å². The van der Waals surface area contributed by atoms with Gasteiger partial charge < -0.3 is 9.88 Å². The first-order valence-electron chi connectivity index (χ1n) is 7.08. The van der Waals surface area contributed by atoms with Gasteiger partial charge in [0.05, 0.1) is 5.69 Å². The molecule has 0 unspecified atom stereocenters. The van der Waals surface area contributed by atoms with Crippen LogP contribution in [0.2, 0.25) is 0 Å². The monoisotopic (exact) mass is 233 g/mol. The average molecular weight is 233 g/mol. The summed E-state index contributed by atoms with van der Waals surface area (Å²) in [6.07, 6.45) is 9.01. The van der Waals surface area contributed by atoms with Gasteiger partial charge in [0.15, 0.2) is 0 Å². The average Bonchev–Trinajstić information content (AvgIpc) is 3.17. The molecule has 1 heterocycles. The van der Waals surface area contributed by atoms with Crippen LogP contribution < -0.4 is 5.32 Å². The van der Waals surface area contributed by atoms with Crippen molar-refractivity contribution < 1.29 is 0 Å². The fourth-order valence-corrected chi connectivity index (χ4v) is 2.75. The molecule has 0 atom stereocenters. The highest BCUT2D eigenvalue weighted by Gasteiger charge is 2.41. The van der Waals surface area contributed by atoms with Gasteiger partial charge in [-0.05, 0) is 50.9 Å². The first-order chi connectivity index (χ1) is 8.28. The van der Waals surface area contributed by atoms with Gasteiger partial charge in [0.2, 0.25) is 5.95 Å². The van der Waals surface area contributed by atoms with E-state index in [1.807, 2.05) is 0 Å². The van der Waals surface area contributed by atoms with Gasteiger partial charge >= 0.3 is 0 Å². The Morgan fingerprint density at radius 2 is 2.00 bits per heavy atom. The van der Waals surface area contributed by atoms with Crippen molar-refractivity contribution in [3.63, 3.8) is 0 Å². The maximum atomic E-state index is 4.64. The van der Waals surface area contributed by atoms with E-state index in [2.05, 4.69) is 34.9 Å². The third kappa shape index (κ3) is 2.48. The normalized spacial score (nSPS) is 19.9. The fourth-order valence-electron chi connectivity index (χ4n) is 2.75. The number of aromatic nitrogens is 2. The number of hydrogen-bond donors (Lipinski definition) is 1. The Kier molecular flexibility index (Phi) is 2.85. The Morgan fingerprint density at radius 3 is 2.53 bits per heavy atom. The maximum absolute atomic E-state index is 4.64. The van der Waals surface area contributed by atoms with Crippen LogP contribution in [0.25, 0.3) is 0 Å². The third-order valence-corrected chi connectivity index (χ3v) is 3.92. The Morgan fingerprint density at radius 1 is 1.35 bits per heavy atom. The Bertz CT molecular complexity index is 376. The van der Waals surface area contributed by atoms with Crippen molar-refractivity contribution in [3.8, 4) is 0 Å². The Hall–Kier alpha value is -0.990. The molecule has 1 N–H and O–H groups in total. The van der Waals surface area contributed by atoms with Crippen molar-refractivity contribution in [2.45, 2.75) is 58.5 Å². The summed E-state index contributed by atoms with van der Waals surface area (Å²) in [5.74, 6) is 2.96. The lowest BCUT2D eigenvalue weighted by atomic mass is 10.1. The van der Waals surface area contributed by atoms with Crippen molar-refractivity contribution in [2.24, 2.45) is 11.8 Å². The van der Waals surface area contributed by atoms with E-state index in [0.29, 0.717) is 6.04 Å². The zero-order valence-electron chi connectivity index (χ0n) is 10.9. The molecule has 1 aromatic rings. The Labute approximate surface area is 104 Å². The second kappa shape index (κ2) is 4.35. The molecule has 2 fully saturated rings. The molecule has 0 amide bonds. The number of nitrogens with one attached hydrogen (secondary N) is 1. The standard InChI is InChI=1S/C14H23N3/c1-3-8-17-9-10(2)15-14(17)16-13(11-4-5-11)12-6-7-12/h9,11-13H,3-8H2,1-2H3,(H,15,16). The molecule has 3 heteroatoms. The van der Waals surface area contributed by atoms with Crippen LogP contribution in [-0.4, -0.2) is 15.6 Å². The topological polar surface area (TPSA) is 29.9 Å². The second-order valence-electron chi connectivity index (χ2n) is 5.74. The number of aryl methyl sites for hydroxylation is 2. The van der Waals surface area contributed by atoms with E-state index >= 15 is 0 Å². The molecule has 3 rings (SSSR count).